The van der Waals surface area contributed by atoms with Gasteiger partial charge in [-0.2, -0.15) is 4.80 Å². The summed E-state index contributed by atoms with van der Waals surface area (Å²) in [6.07, 6.45) is 7.83. The minimum Gasteiger partial charge on any atom is -0.392 e. The molecular weight excluding hydrogens is 264 g/mol. The van der Waals surface area contributed by atoms with Gasteiger partial charge in [-0.15, -0.1) is 10.2 Å². The van der Waals surface area contributed by atoms with Crippen molar-refractivity contribution in [2.24, 2.45) is 29.2 Å². The van der Waals surface area contributed by atoms with Crippen LogP contribution < -0.4 is 0 Å². The van der Waals surface area contributed by atoms with Gasteiger partial charge in [0.15, 0.2) is 5.82 Å². The molecule has 3 atom stereocenters. The van der Waals surface area contributed by atoms with Gasteiger partial charge in [-0.1, -0.05) is 13.8 Å². The van der Waals surface area contributed by atoms with E-state index in [2.05, 4.69) is 29.3 Å². The average Bonchev–Trinajstić information content (AvgIpc) is 2.69. The van der Waals surface area contributed by atoms with Gasteiger partial charge in [0, 0.05) is 6.42 Å². The van der Waals surface area contributed by atoms with Crippen molar-refractivity contribution in [3.63, 3.8) is 0 Å². The zero-order chi connectivity index (χ0) is 14.9. The van der Waals surface area contributed by atoms with Gasteiger partial charge in [0.25, 0.3) is 0 Å². The third-order valence-electron chi connectivity index (χ3n) is 6.30. The third kappa shape index (κ3) is 2.12. The molecule has 3 unspecified atom stereocenters. The lowest BCUT2D eigenvalue weighted by molar-refractivity contribution is -0.185. The Morgan fingerprint density at radius 3 is 2.38 bits per heavy atom. The van der Waals surface area contributed by atoms with Gasteiger partial charge >= 0.3 is 0 Å². The van der Waals surface area contributed by atoms with E-state index in [1.54, 1.807) is 7.05 Å². The fourth-order valence-corrected chi connectivity index (χ4v) is 6.70. The Hall–Kier alpha value is -0.970. The van der Waals surface area contributed by atoms with Crippen LogP contribution in [0.2, 0.25) is 0 Å². The second-order valence-corrected chi connectivity index (χ2v) is 8.91. The summed E-state index contributed by atoms with van der Waals surface area (Å²) < 4.78 is 0. The average molecular weight is 290 g/mol. The van der Waals surface area contributed by atoms with Crippen LogP contribution in [0.3, 0.4) is 0 Å². The Balaban J connectivity index is 1.61. The quantitative estimate of drug-likeness (QED) is 0.926. The summed E-state index contributed by atoms with van der Waals surface area (Å²) in [5, 5.41) is 23.2. The maximum Gasteiger partial charge on any atom is 0.177 e. The first-order chi connectivity index (χ1) is 9.80. The van der Waals surface area contributed by atoms with Gasteiger partial charge in [-0.3, -0.25) is 0 Å². The Morgan fingerprint density at radius 1 is 1.19 bits per heavy atom. The number of aryl methyl sites for hydroxylation is 1. The number of aromatic nitrogens is 4. The molecule has 4 aliphatic rings. The molecule has 5 rings (SSSR count). The predicted molar refractivity (Wildman–Crippen MR) is 78.3 cm³/mol. The maximum atomic E-state index is 11.0. The van der Waals surface area contributed by atoms with Crippen LogP contribution >= 0.6 is 0 Å². The topological polar surface area (TPSA) is 63.8 Å². The number of aliphatic hydroxyl groups is 1. The van der Waals surface area contributed by atoms with Gasteiger partial charge in [-0.25, -0.2) is 0 Å². The van der Waals surface area contributed by atoms with Crippen molar-refractivity contribution in [1.82, 2.24) is 20.2 Å². The lowest BCUT2D eigenvalue weighted by Crippen LogP contribution is -2.59. The summed E-state index contributed by atoms with van der Waals surface area (Å²) in [6.45, 7) is 4.88. The monoisotopic (exact) mass is 290 g/mol. The molecule has 1 heterocycles. The van der Waals surface area contributed by atoms with Gasteiger partial charge in [0.1, 0.15) is 0 Å². The molecular formula is C16H26N4O. The first-order valence-electron chi connectivity index (χ1n) is 8.21. The van der Waals surface area contributed by atoms with E-state index < -0.39 is 0 Å². The molecule has 116 valence electrons. The SMILES string of the molecule is Cn1nnc(CC(O)C23CC4CC(C)(CC(C)(C4)C2)C3)n1. The Kier molecular flexibility index (Phi) is 2.64. The summed E-state index contributed by atoms with van der Waals surface area (Å²) in [5.41, 5.74) is 0.956. The highest BCUT2D eigenvalue weighted by molar-refractivity contribution is 5.13. The van der Waals surface area contributed by atoms with Crippen LogP contribution in [0, 0.1) is 22.2 Å². The molecule has 0 saturated heterocycles. The molecule has 0 aliphatic heterocycles. The van der Waals surface area contributed by atoms with Crippen molar-refractivity contribution in [2.45, 2.75) is 64.9 Å². The van der Waals surface area contributed by atoms with Gasteiger partial charge in [0.2, 0.25) is 0 Å². The van der Waals surface area contributed by atoms with Crippen LogP contribution in [0.4, 0.5) is 0 Å². The van der Waals surface area contributed by atoms with E-state index in [0.717, 1.165) is 5.92 Å². The molecule has 0 amide bonds. The van der Waals surface area contributed by atoms with Crippen molar-refractivity contribution in [3.05, 3.63) is 5.82 Å². The van der Waals surface area contributed by atoms with Crippen LogP contribution in [0.5, 0.6) is 0 Å². The Bertz CT molecular complexity index is 550. The first kappa shape index (κ1) is 13.7. The van der Waals surface area contributed by atoms with Crippen LogP contribution in [-0.4, -0.2) is 31.4 Å². The summed E-state index contributed by atoms with van der Waals surface area (Å²) in [4.78, 5) is 1.48. The summed E-state index contributed by atoms with van der Waals surface area (Å²) in [5.74, 6) is 1.48. The maximum absolute atomic E-state index is 11.0. The standard InChI is InChI=1S/C16H26N4O/c1-14-5-11-6-15(2,8-14)10-16(7-11,9-14)12(21)4-13-17-19-20(3)18-13/h11-12,21H,4-10H2,1-3H3. The lowest BCUT2D eigenvalue weighted by Gasteiger charge is -2.66. The van der Waals surface area contributed by atoms with E-state index >= 15 is 0 Å². The Labute approximate surface area is 126 Å². The van der Waals surface area contributed by atoms with Gasteiger partial charge < -0.3 is 5.11 Å². The molecule has 0 aromatic carbocycles. The highest BCUT2D eigenvalue weighted by Crippen LogP contribution is 2.70. The second kappa shape index (κ2) is 4.06. The normalized spacial score (nSPS) is 46.0. The van der Waals surface area contributed by atoms with Crippen molar-refractivity contribution in [1.29, 1.82) is 0 Å². The van der Waals surface area contributed by atoms with Crippen LogP contribution in [0.1, 0.15) is 58.2 Å². The van der Waals surface area contributed by atoms with E-state index in [0.29, 0.717) is 23.1 Å². The molecule has 1 N–H and O–H groups in total. The van der Waals surface area contributed by atoms with Crippen molar-refractivity contribution >= 4 is 0 Å². The summed E-state index contributed by atoms with van der Waals surface area (Å²) in [7, 11) is 1.77. The molecule has 4 aliphatic carbocycles. The molecule has 0 radical (unpaired) electrons. The number of tetrazole rings is 1. The van der Waals surface area contributed by atoms with E-state index in [4.69, 9.17) is 0 Å². The zero-order valence-electron chi connectivity index (χ0n) is 13.3. The highest BCUT2D eigenvalue weighted by Gasteiger charge is 2.62. The smallest absolute Gasteiger partial charge is 0.177 e. The minimum absolute atomic E-state index is 0.0854. The number of aliphatic hydroxyl groups excluding tert-OH is 1. The van der Waals surface area contributed by atoms with E-state index in [-0.39, 0.29) is 11.5 Å². The predicted octanol–water partition coefficient (Wildman–Crippen LogP) is 2.11. The van der Waals surface area contributed by atoms with E-state index in [1.165, 1.54) is 43.3 Å². The second-order valence-electron chi connectivity index (χ2n) is 8.91. The van der Waals surface area contributed by atoms with Gasteiger partial charge in [-0.05, 0) is 65.9 Å². The summed E-state index contributed by atoms with van der Waals surface area (Å²) in [6, 6.07) is 0. The number of hydrogen-bond donors (Lipinski definition) is 1. The number of hydrogen-bond acceptors (Lipinski definition) is 4. The van der Waals surface area contributed by atoms with Crippen molar-refractivity contribution in [3.8, 4) is 0 Å². The third-order valence-corrected chi connectivity index (χ3v) is 6.30. The number of rotatable bonds is 3. The van der Waals surface area contributed by atoms with Crippen LogP contribution in [-0.2, 0) is 13.5 Å². The zero-order valence-corrected chi connectivity index (χ0v) is 13.3. The van der Waals surface area contributed by atoms with Crippen LogP contribution in [0.25, 0.3) is 0 Å². The minimum atomic E-state index is -0.330. The molecule has 4 bridgehead atoms. The van der Waals surface area contributed by atoms with Crippen LogP contribution in [0.15, 0.2) is 0 Å². The molecule has 1 aromatic heterocycles. The Morgan fingerprint density at radius 2 is 1.86 bits per heavy atom. The molecule has 4 fully saturated rings. The van der Waals surface area contributed by atoms with Crippen molar-refractivity contribution < 1.29 is 5.11 Å². The first-order valence-corrected chi connectivity index (χ1v) is 8.21. The summed E-state index contributed by atoms with van der Waals surface area (Å²) >= 11 is 0. The van der Waals surface area contributed by atoms with E-state index in [9.17, 15) is 5.11 Å². The fourth-order valence-electron chi connectivity index (χ4n) is 6.70. The molecule has 0 spiro atoms. The van der Waals surface area contributed by atoms with Crippen molar-refractivity contribution in [2.75, 3.05) is 0 Å². The largest absolute Gasteiger partial charge is 0.392 e. The molecule has 5 heteroatoms. The highest BCUT2D eigenvalue weighted by atomic mass is 16.3. The number of nitrogens with zero attached hydrogens (tertiary/aromatic N) is 4. The lowest BCUT2D eigenvalue weighted by atomic mass is 9.39. The van der Waals surface area contributed by atoms with E-state index in [1.807, 2.05) is 0 Å². The molecule has 5 nitrogen and oxygen atoms in total. The fraction of sp³-hybridized carbons (Fsp3) is 0.938. The molecule has 4 saturated carbocycles. The van der Waals surface area contributed by atoms with Gasteiger partial charge in [0.05, 0.1) is 13.2 Å². The molecule has 21 heavy (non-hydrogen) atoms. The molecule has 1 aromatic rings.